The summed E-state index contributed by atoms with van der Waals surface area (Å²) in [5, 5.41) is 9.67. The van der Waals surface area contributed by atoms with E-state index in [0.29, 0.717) is 11.8 Å². The van der Waals surface area contributed by atoms with E-state index in [-0.39, 0.29) is 6.10 Å². The van der Waals surface area contributed by atoms with E-state index < -0.39 is 0 Å². The van der Waals surface area contributed by atoms with Gasteiger partial charge in [-0.05, 0) is 29.9 Å². The molecule has 2 bridgehead atoms. The fourth-order valence-electron chi connectivity index (χ4n) is 2.82. The lowest BCUT2D eigenvalue weighted by Gasteiger charge is -2.19. The molecular formula is C11H12O. The second kappa shape index (κ2) is 2.11. The summed E-state index contributed by atoms with van der Waals surface area (Å²) < 4.78 is 0. The van der Waals surface area contributed by atoms with Crippen LogP contribution in [0.3, 0.4) is 0 Å². The summed E-state index contributed by atoms with van der Waals surface area (Å²) in [4.78, 5) is 0. The van der Waals surface area contributed by atoms with E-state index in [1.807, 2.05) is 0 Å². The van der Waals surface area contributed by atoms with E-state index in [0.717, 1.165) is 6.42 Å². The molecule has 0 radical (unpaired) electrons. The molecule has 3 rings (SSSR count). The minimum atomic E-state index is -0.0649. The molecule has 1 aromatic rings. The highest BCUT2D eigenvalue weighted by Crippen LogP contribution is 2.52. The van der Waals surface area contributed by atoms with Crippen LogP contribution >= 0.6 is 0 Å². The lowest BCUT2D eigenvalue weighted by Crippen LogP contribution is -2.14. The van der Waals surface area contributed by atoms with Gasteiger partial charge in [0.15, 0.2) is 0 Å². The van der Waals surface area contributed by atoms with Crippen molar-refractivity contribution in [3.05, 3.63) is 35.4 Å². The molecule has 1 nitrogen and oxygen atoms in total. The Morgan fingerprint density at radius 3 is 2.67 bits per heavy atom. The van der Waals surface area contributed by atoms with Crippen LogP contribution in [0.4, 0.5) is 0 Å². The molecule has 0 saturated heterocycles. The molecule has 2 aliphatic rings. The number of aliphatic hydroxyl groups is 1. The van der Waals surface area contributed by atoms with E-state index >= 15 is 0 Å². The lowest BCUT2D eigenvalue weighted by atomic mass is 9.90. The van der Waals surface area contributed by atoms with Crippen LogP contribution in [0.25, 0.3) is 0 Å². The first-order chi connectivity index (χ1) is 5.86. The van der Waals surface area contributed by atoms with Crippen molar-refractivity contribution in [2.45, 2.75) is 30.8 Å². The minimum absolute atomic E-state index is 0.0649. The SMILES string of the molecule is O[C@@H]1C[C@@H]2C[C@H]1c1ccccc12. The molecule has 0 aliphatic heterocycles. The number of rotatable bonds is 0. The van der Waals surface area contributed by atoms with E-state index in [1.54, 1.807) is 0 Å². The third-order valence-electron chi connectivity index (χ3n) is 3.36. The van der Waals surface area contributed by atoms with E-state index in [1.165, 1.54) is 17.5 Å². The lowest BCUT2D eigenvalue weighted by molar-refractivity contribution is 0.158. The molecule has 3 atom stereocenters. The van der Waals surface area contributed by atoms with Gasteiger partial charge in [-0.2, -0.15) is 0 Å². The Morgan fingerprint density at radius 2 is 1.83 bits per heavy atom. The maximum Gasteiger partial charge on any atom is 0.0614 e. The van der Waals surface area contributed by atoms with E-state index in [4.69, 9.17) is 0 Å². The Bertz CT molecular complexity index is 319. The quantitative estimate of drug-likeness (QED) is 0.615. The fourth-order valence-corrected chi connectivity index (χ4v) is 2.82. The molecule has 0 spiro atoms. The van der Waals surface area contributed by atoms with Gasteiger partial charge in [-0.15, -0.1) is 0 Å². The average molecular weight is 160 g/mol. The molecule has 1 N–H and O–H groups in total. The monoisotopic (exact) mass is 160 g/mol. The molecule has 1 heteroatoms. The topological polar surface area (TPSA) is 20.2 Å². The van der Waals surface area contributed by atoms with Crippen LogP contribution in [-0.4, -0.2) is 11.2 Å². The Balaban J connectivity index is 2.17. The molecule has 1 fully saturated rings. The highest BCUT2D eigenvalue weighted by Gasteiger charge is 2.42. The maximum absolute atomic E-state index is 9.67. The van der Waals surface area contributed by atoms with Gasteiger partial charge in [-0.1, -0.05) is 24.3 Å². The van der Waals surface area contributed by atoms with Crippen molar-refractivity contribution in [2.24, 2.45) is 0 Å². The Labute approximate surface area is 72.0 Å². The Morgan fingerprint density at radius 1 is 1.08 bits per heavy atom. The molecule has 0 unspecified atom stereocenters. The second-order valence-electron chi connectivity index (χ2n) is 3.97. The molecule has 0 amide bonds. The number of aliphatic hydroxyl groups excluding tert-OH is 1. The highest BCUT2D eigenvalue weighted by molar-refractivity contribution is 5.42. The number of benzene rings is 1. The van der Waals surface area contributed by atoms with Gasteiger partial charge >= 0.3 is 0 Å². The zero-order valence-electron chi connectivity index (χ0n) is 6.90. The standard InChI is InChI=1S/C11H12O/c12-11-6-7-5-10(11)9-4-2-1-3-8(7)9/h1-4,7,10-12H,5-6H2/t7-,10-,11+/m0/s1. The average Bonchev–Trinajstić information content (AvgIpc) is 2.62. The van der Waals surface area contributed by atoms with E-state index in [2.05, 4.69) is 24.3 Å². The van der Waals surface area contributed by atoms with Crippen LogP contribution < -0.4 is 0 Å². The Kier molecular flexibility index (Phi) is 1.17. The molecule has 1 saturated carbocycles. The first-order valence-corrected chi connectivity index (χ1v) is 4.63. The van der Waals surface area contributed by atoms with E-state index in [9.17, 15) is 5.11 Å². The van der Waals surface area contributed by atoms with Crippen molar-refractivity contribution in [1.82, 2.24) is 0 Å². The summed E-state index contributed by atoms with van der Waals surface area (Å²) in [6, 6.07) is 8.56. The van der Waals surface area contributed by atoms with Crippen LogP contribution in [0.5, 0.6) is 0 Å². The summed E-state index contributed by atoms with van der Waals surface area (Å²) in [6.45, 7) is 0. The van der Waals surface area contributed by atoms with Crippen LogP contribution in [0.15, 0.2) is 24.3 Å². The van der Waals surface area contributed by atoms with Crippen LogP contribution in [0.2, 0.25) is 0 Å². The largest absolute Gasteiger partial charge is 0.392 e. The molecule has 0 aromatic heterocycles. The smallest absolute Gasteiger partial charge is 0.0614 e. The van der Waals surface area contributed by atoms with Gasteiger partial charge < -0.3 is 5.11 Å². The third kappa shape index (κ3) is 0.674. The van der Waals surface area contributed by atoms with Crippen LogP contribution in [0.1, 0.15) is 35.8 Å². The summed E-state index contributed by atoms with van der Waals surface area (Å²) in [5.41, 5.74) is 2.90. The van der Waals surface area contributed by atoms with Gasteiger partial charge in [0.2, 0.25) is 0 Å². The molecule has 0 heterocycles. The second-order valence-corrected chi connectivity index (χ2v) is 3.97. The normalized spacial score (nSPS) is 36.9. The first kappa shape index (κ1) is 6.67. The minimum Gasteiger partial charge on any atom is -0.392 e. The fraction of sp³-hybridized carbons (Fsp3) is 0.455. The highest BCUT2D eigenvalue weighted by atomic mass is 16.3. The van der Waals surface area contributed by atoms with Gasteiger partial charge in [-0.25, -0.2) is 0 Å². The summed E-state index contributed by atoms with van der Waals surface area (Å²) >= 11 is 0. The zero-order valence-corrected chi connectivity index (χ0v) is 6.90. The summed E-state index contributed by atoms with van der Waals surface area (Å²) in [6.07, 6.45) is 2.10. The molecular weight excluding hydrogens is 148 g/mol. The van der Waals surface area contributed by atoms with Crippen molar-refractivity contribution in [1.29, 1.82) is 0 Å². The van der Waals surface area contributed by atoms with Gasteiger partial charge in [0.1, 0.15) is 0 Å². The third-order valence-corrected chi connectivity index (χ3v) is 3.36. The molecule has 62 valence electrons. The molecule has 1 aromatic carbocycles. The maximum atomic E-state index is 9.67. The van der Waals surface area contributed by atoms with Crippen molar-refractivity contribution < 1.29 is 5.11 Å². The van der Waals surface area contributed by atoms with Gasteiger partial charge in [0, 0.05) is 5.92 Å². The van der Waals surface area contributed by atoms with Crippen LogP contribution in [-0.2, 0) is 0 Å². The van der Waals surface area contributed by atoms with Gasteiger partial charge in [-0.3, -0.25) is 0 Å². The number of fused-ring (bicyclic) bond motifs is 5. The number of hydrogen-bond acceptors (Lipinski definition) is 1. The van der Waals surface area contributed by atoms with Crippen molar-refractivity contribution in [2.75, 3.05) is 0 Å². The Hall–Kier alpha value is -0.820. The predicted octanol–water partition coefficient (Wildman–Crippen LogP) is 2.02. The summed E-state index contributed by atoms with van der Waals surface area (Å²) in [7, 11) is 0. The van der Waals surface area contributed by atoms with Crippen molar-refractivity contribution >= 4 is 0 Å². The van der Waals surface area contributed by atoms with Crippen molar-refractivity contribution in [3.8, 4) is 0 Å². The summed E-state index contributed by atoms with van der Waals surface area (Å²) in [5.74, 6) is 1.10. The van der Waals surface area contributed by atoms with Crippen LogP contribution in [0, 0.1) is 0 Å². The first-order valence-electron chi connectivity index (χ1n) is 4.63. The number of hydrogen-bond donors (Lipinski definition) is 1. The van der Waals surface area contributed by atoms with Gasteiger partial charge in [0.25, 0.3) is 0 Å². The molecule has 2 aliphatic carbocycles. The van der Waals surface area contributed by atoms with Crippen molar-refractivity contribution in [3.63, 3.8) is 0 Å². The zero-order chi connectivity index (χ0) is 8.13. The predicted molar refractivity (Wildman–Crippen MR) is 47.2 cm³/mol. The molecule has 12 heavy (non-hydrogen) atoms. The van der Waals surface area contributed by atoms with Gasteiger partial charge in [0.05, 0.1) is 6.10 Å².